The SMILES string of the molecule is C=CC(O)C1CCC1CN1CC(c2ccc(Cl)cc2CCC)COc2ccc(C(CC(=O)N(C)C)C(=O)O)cc21. The van der Waals surface area contributed by atoms with E-state index in [1.54, 1.807) is 26.2 Å². The number of fused-ring (bicyclic) bond motifs is 1. The highest BCUT2D eigenvalue weighted by Gasteiger charge is 2.38. The number of carbonyl (C=O) groups is 2. The van der Waals surface area contributed by atoms with E-state index in [2.05, 4.69) is 24.5 Å². The fourth-order valence-electron chi connectivity index (χ4n) is 5.98. The highest BCUT2D eigenvalue weighted by molar-refractivity contribution is 6.30. The van der Waals surface area contributed by atoms with Crippen molar-refractivity contribution in [1.29, 1.82) is 0 Å². The maximum absolute atomic E-state index is 12.5. The standard InChI is InChI=1S/C32H41ClN2O5/c1-5-7-20-14-24(33)10-12-25(20)23-18-35(17-22-8-11-26(22)29(36)6-2)28-15-21(9-13-30(28)40-19-23)27(32(38)39)16-31(37)34(3)4/h6,9-10,12-15,22-23,26-27,29,36H,2,5,7-8,11,16-19H2,1,3-4H3,(H,38,39). The summed E-state index contributed by atoms with van der Waals surface area (Å²) in [6.07, 6.45) is 4.81. The Morgan fingerprint density at radius 1 is 1.23 bits per heavy atom. The van der Waals surface area contributed by atoms with Crippen molar-refractivity contribution in [3.8, 4) is 5.75 Å². The maximum Gasteiger partial charge on any atom is 0.311 e. The monoisotopic (exact) mass is 568 g/mol. The molecule has 5 atom stereocenters. The van der Waals surface area contributed by atoms with Crippen molar-refractivity contribution in [2.24, 2.45) is 11.8 Å². The third-order valence-electron chi connectivity index (χ3n) is 8.46. The second-order valence-electron chi connectivity index (χ2n) is 11.3. The zero-order chi connectivity index (χ0) is 29.0. The van der Waals surface area contributed by atoms with Crippen LogP contribution in [0.3, 0.4) is 0 Å². The third kappa shape index (κ3) is 6.64. The quantitative estimate of drug-likeness (QED) is 0.348. The molecule has 8 heteroatoms. The number of nitrogens with zero attached hydrogens (tertiary/aromatic N) is 2. The number of benzene rings is 2. The lowest BCUT2D eigenvalue weighted by molar-refractivity contribution is -0.142. The molecule has 1 heterocycles. The zero-order valence-corrected chi connectivity index (χ0v) is 24.4. The number of hydrogen-bond donors (Lipinski definition) is 2. The van der Waals surface area contributed by atoms with E-state index in [0.29, 0.717) is 36.0 Å². The number of carboxylic acid groups (broad SMARTS) is 1. The number of carbonyl (C=O) groups excluding carboxylic acids is 1. The minimum Gasteiger partial charge on any atom is -0.491 e. The topological polar surface area (TPSA) is 90.3 Å². The molecule has 1 aliphatic carbocycles. The van der Waals surface area contributed by atoms with E-state index < -0.39 is 18.0 Å². The molecule has 1 fully saturated rings. The number of hydrogen-bond acceptors (Lipinski definition) is 5. The van der Waals surface area contributed by atoms with Crippen LogP contribution in [0.2, 0.25) is 5.02 Å². The van der Waals surface area contributed by atoms with Gasteiger partial charge in [-0.1, -0.05) is 43.2 Å². The second kappa shape index (κ2) is 13.1. The molecule has 7 nitrogen and oxygen atoms in total. The lowest BCUT2D eigenvalue weighted by Crippen LogP contribution is -2.43. The van der Waals surface area contributed by atoms with E-state index >= 15 is 0 Å². The van der Waals surface area contributed by atoms with Crippen LogP contribution in [0.25, 0.3) is 0 Å². The van der Waals surface area contributed by atoms with Crippen molar-refractivity contribution >= 4 is 29.2 Å². The molecular formula is C32H41ClN2O5. The Bertz CT molecular complexity index is 1230. The average Bonchev–Trinajstić information content (AvgIpc) is 3.08. The predicted molar refractivity (Wildman–Crippen MR) is 158 cm³/mol. The Balaban J connectivity index is 1.72. The molecule has 2 aromatic carbocycles. The summed E-state index contributed by atoms with van der Waals surface area (Å²) in [5.74, 6) is -1.06. The van der Waals surface area contributed by atoms with E-state index in [1.165, 1.54) is 16.0 Å². The summed E-state index contributed by atoms with van der Waals surface area (Å²) in [5.41, 5.74) is 3.82. The molecule has 0 bridgehead atoms. The van der Waals surface area contributed by atoms with Crippen LogP contribution in [0.1, 0.15) is 61.1 Å². The number of amides is 1. The van der Waals surface area contributed by atoms with Gasteiger partial charge in [-0.3, -0.25) is 9.59 Å². The minimum absolute atomic E-state index is 0.0723. The molecule has 40 heavy (non-hydrogen) atoms. The molecule has 2 aliphatic rings. The van der Waals surface area contributed by atoms with E-state index in [4.69, 9.17) is 16.3 Å². The van der Waals surface area contributed by atoms with Crippen LogP contribution in [0.4, 0.5) is 5.69 Å². The Morgan fingerprint density at radius 3 is 2.62 bits per heavy atom. The molecule has 216 valence electrons. The van der Waals surface area contributed by atoms with Crippen molar-refractivity contribution in [1.82, 2.24) is 4.90 Å². The van der Waals surface area contributed by atoms with Gasteiger partial charge in [-0.15, -0.1) is 6.58 Å². The van der Waals surface area contributed by atoms with Crippen LogP contribution in [-0.4, -0.2) is 66.9 Å². The van der Waals surface area contributed by atoms with E-state index in [-0.39, 0.29) is 30.1 Å². The van der Waals surface area contributed by atoms with Crippen LogP contribution >= 0.6 is 11.6 Å². The molecule has 5 unspecified atom stereocenters. The van der Waals surface area contributed by atoms with Gasteiger partial charge >= 0.3 is 5.97 Å². The number of aryl methyl sites for hydroxylation is 1. The van der Waals surface area contributed by atoms with Gasteiger partial charge in [-0.25, -0.2) is 0 Å². The first kappa shape index (κ1) is 29.9. The summed E-state index contributed by atoms with van der Waals surface area (Å²) in [4.78, 5) is 28.4. The fourth-order valence-corrected chi connectivity index (χ4v) is 6.18. The number of carboxylic acids is 1. The molecule has 4 rings (SSSR count). The minimum atomic E-state index is -1.03. The van der Waals surface area contributed by atoms with E-state index in [1.807, 2.05) is 24.3 Å². The van der Waals surface area contributed by atoms with Crippen molar-refractivity contribution in [3.05, 3.63) is 70.8 Å². The number of aliphatic carboxylic acids is 1. The Morgan fingerprint density at radius 2 is 2.00 bits per heavy atom. The van der Waals surface area contributed by atoms with Gasteiger partial charge in [0.15, 0.2) is 0 Å². The van der Waals surface area contributed by atoms with Gasteiger partial charge in [0.1, 0.15) is 5.75 Å². The summed E-state index contributed by atoms with van der Waals surface area (Å²) in [6, 6.07) is 11.5. The first-order valence-corrected chi connectivity index (χ1v) is 14.5. The average molecular weight is 569 g/mol. The van der Waals surface area contributed by atoms with Gasteiger partial charge in [0, 0.05) is 44.5 Å². The smallest absolute Gasteiger partial charge is 0.311 e. The Kier molecular flexibility index (Phi) is 9.80. The highest BCUT2D eigenvalue weighted by atomic mass is 35.5. The highest BCUT2D eigenvalue weighted by Crippen LogP contribution is 2.43. The predicted octanol–water partition coefficient (Wildman–Crippen LogP) is 5.49. The number of ether oxygens (including phenoxy) is 1. The number of aliphatic hydroxyl groups excluding tert-OH is 1. The van der Waals surface area contributed by atoms with Crippen LogP contribution < -0.4 is 9.64 Å². The van der Waals surface area contributed by atoms with Gasteiger partial charge in [0.05, 0.1) is 24.3 Å². The largest absolute Gasteiger partial charge is 0.491 e. The van der Waals surface area contributed by atoms with E-state index in [9.17, 15) is 19.8 Å². The first-order chi connectivity index (χ1) is 19.1. The zero-order valence-electron chi connectivity index (χ0n) is 23.7. The number of halogens is 1. The van der Waals surface area contributed by atoms with Crippen LogP contribution in [0.5, 0.6) is 5.75 Å². The third-order valence-corrected chi connectivity index (χ3v) is 8.69. The van der Waals surface area contributed by atoms with Crippen molar-refractivity contribution < 1.29 is 24.5 Å². The Hall–Kier alpha value is -3.03. The van der Waals surface area contributed by atoms with Gasteiger partial charge in [-0.05, 0) is 72.1 Å². The molecule has 0 saturated heterocycles. The summed E-state index contributed by atoms with van der Waals surface area (Å²) < 4.78 is 6.39. The van der Waals surface area contributed by atoms with Crippen LogP contribution in [0, 0.1) is 11.8 Å². The van der Waals surface area contributed by atoms with Gasteiger partial charge in [0.25, 0.3) is 0 Å². The molecule has 1 aliphatic heterocycles. The molecule has 0 aromatic heterocycles. The van der Waals surface area contributed by atoms with E-state index in [0.717, 1.165) is 31.4 Å². The van der Waals surface area contributed by atoms with Gasteiger partial charge in [-0.2, -0.15) is 0 Å². The maximum atomic E-state index is 12.5. The molecule has 1 saturated carbocycles. The second-order valence-corrected chi connectivity index (χ2v) is 11.8. The van der Waals surface area contributed by atoms with Crippen molar-refractivity contribution in [2.75, 3.05) is 38.7 Å². The van der Waals surface area contributed by atoms with Crippen molar-refractivity contribution in [3.63, 3.8) is 0 Å². The number of rotatable bonds is 11. The lowest BCUT2D eigenvalue weighted by atomic mass is 9.70. The number of anilines is 1. The summed E-state index contributed by atoms with van der Waals surface area (Å²) >= 11 is 6.36. The van der Waals surface area contributed by atoms with Gasteiger partial charge in [0.2, 0.25) is 5.91 Å². The molecule has 2 aromatic rings. The van der Waals surface area contributed by atoms with Crippen LogP contribution in [-0.2, 0) is 16.0 Å². The van der Waals surface area contributed by atoms with Crippen molar-refractivity contribution in [2.45, 2.75) is 57.0 Å². The summed E-state index contributed by atoms with van der Waals surface area (Å²) in [6.45, 7) is 7.80. The fraction of sp³-hybridized carbons (Fsp3) is 0.500. The summed E-state index contributed by atoms with van der Waals surface area (Å²) in [7, 11) is 3.26. The Labute approximate surface area is 242 Å². The molecule has 1 amide bonds. The lowest BCUT2D eigenvalue weighted by Gasteiger charge is -2.42. The molecule has 0 spiro atoms. The summed E-state index contributed by atoms with van der Waals surface area (Å²) in [5, 5.41) is 21.3. The molecule has 0 radical (unpaired) electrons. The van der Waals surface area contributed by atoms with Crippen LogP contribution in [0.15, 0.2) is 49.1 Å². The number of aliphatic hydroxyl groups is 1. The normalized spacial score (nSPS) is 21.7. The molecular weight excluding hydrogens is 528 g/mol. The first-order valence-electron chi connectivity index (χ1n) is 14.2. The molecule has 2 N–H and O–H groups in total. The van der Waals surface area contributed by atoms with Gasteiger partial charge < -0.3 is 24.7 Å².